The summed E-state index contributed by atoms with van der Waals surface area (Å²) >= 11 is 0. The highest BCUT2D eigenvalue weighted by Crippen LogP contribution is 2.18. The second-order valence-electron chi connectivity index (χ2n) is 5.18. The normalized spacial score (nSPS) is 16.9. The number of carbonyl (C=O) groups is 1. The van der Waals surface area contributed by atoms with Gasteiger partial charge in [-0.25, -0.2) is 9.78 Å². The minimum absolute atomic E-state index is 0.0617. The highest BCUT2D eigenvalue weighted by Gasteiger charge is 2.28. The minimum atomic E-state index is -0.139. The Balaban J connectivity index is 1.52. The summed E-state index contributed by atoms with van der Waals surface area (Å²) in [5, 5.41) is 2.87. The average Bonchev–Trinajstić information content (AvgIpc) is 3.05. The lowest BCUT2D eigenvalue weighted by atomic mass is 10.3. The highest BCUT2D eigenvalue weighted by molar-refractivity contribution is 5.89. The van der Waals surface area contributed by atoms with Crippen LogP contribution in [0.3, 0.4) is 0 Å². The first kappa shape index (κ1) is 15.1. The first-order valence-corrected chi connectivity index (χ1v) is 7.37. The van der Waals surface area contributed by atoms with Crippen molar-refractivity contribution < 1.29 is 14.3 Å². The maximum atomic E-state index is 12.3. The molecule has 3 rings (SSSR count). The van der Waals surface area contributed by atoms with Gasteiger partial charge in [0.15, 0.2) is 0 Å². The van der Waals surface area contributed by atoms with Crippen LogP contribution < -0.4 is 14.8 Å². The summed E-state index contributed by atoms with van der Waals surface area (Å²) in [5.41, 5.74) is 0.731. The molecule has 23 heavy (non-hydrogen) atoms. The molecule has 0 bridgehead atoms. The first-order valence-electron chi connectivity index (χ1n) is 7.37. The van der Waals surface area contributed by atoms with Gasteiger partial charge in [0, 0.05) is 31.0 Å². The summed E-state index contributed by atoms with van der Waals surface area (Å²) in [6.45, 7) is 1.17. The molecule has 2 heterocycles. The number of nitrogens with zero attached hydrogens (tertiary/aromatic N) is 3. The van der Waals surface area contributed by atoms with E-state index in [9.17, 15) is 4.79 Å². The van der Waals surface area contributed by atoms with Crippen LogP contribution in [0, 0.1) is 0 Å². The number of anilines is 1. The molecule has 1 atom stereocenters. The molecule has 1 aliphatic heterocycles. The van der Waals surface area contributed by atoms with Crippen LogP contribution in [0.4, 0.5) is 10.5 Å². The van der Waals surface area contributed by atoms with Crippen LogP contribution in [0.15, 0.2) is 42.9 Å². The molecule has 2 amide bonds. The monoisotopic (exact) mass is 314 g/mol. The van der Waals surface area contributed by atoms with Gasteiger partial charge in [0.2, 0.25) is 5.88 Å². The molecule has 0 aliphatic carbocycles. The zero-order valence-electron chi connectivity index (χ0n) is 12.8. The maximum Gasteiger partial charge on any atom is 0.321 e. The van der Waals surface area contributed by atoms with Crippen molar-refractivity contribution in [1.82, 2.24) is 14.9 Å². The molecule has 120 valence electrons. The number of amides is 2. The molecule has 7 nitrogen and oxygen atoms in total. The predicted octanol–water partition coefficient (Wildman–Crippen LogP) is 2.17. The van der Waals surface area contributed by atoms with Crippen molar-refractivity contribution in [2.24, 2.45) is 0 Å². The lowest BCUT2D eigenvalue weighted by molar-refractivity contribution is 0.189. The molecule has 1 aromatic carbocycles. The molecule has 0 saturated carbocycles. The minimum Gasteiger partial charge on any atom is -0.497 e. The fourth-order valence-corrected chi connectivity index (χ4v) is 2.40. The molecule has 1 aromatic heterocycles. The van der Waals surface area contributed by atoms with E-state index in [-0.39, 0.29) is 12.1 Å². The number of aromatic nitrogens is 2. The zero-order valence-corrected chi connectivity index (χ0v) is 12.8. The van der Waals surface area contributed by atoms with Crippen LogP contribution in [0.25, 0.3) is 0 Å². The van der Waals surface area contributed by atoms with Gasteiger partial charge >= 0.3 is 6.03 Å². The van der Waals surface area contributed by atoms with E-state index < -0.39 is 0 Å². The number of nitrogens with one attached hydrogen (secondary N) is 1. The lowest BCUT2D eigenvalue weighted by Gasteiger charge is -2.17. The molecule has 0 spiro atoms. The van der Waals surface area contributed by atoms with Crippen LogP contribution >= 0.6 is 0 Å². The Morgan fingerprint density at radius 3 is 2.83 bits per heavy atom. The molecule has 7 heteroatoms. The van der Waals surface area contributed by atoms with Crippen LogP contribution in [0.1, 0.15) is 6.42 Å². The molecule has 1 saturated heterocycles. The SMILES string of the molecule is COc1ccc(NC(=O)N2CCC(Oc3cnccn3)C2)cc1. The third-order valence-corrected chi connectivity index (χ3v) is 3.60. The van der Waals surface area contributed by atoms with Crippen LogP contribution in [-0.4, -0.2) is 47.2 Å². The van der Waals surface area contributed by atoms with Gasteiger partial charge in [0.05, 0.1) is 19.9 Å². The molecule has 1 aliphatic rings. The summed E-state index contributed by atoms with van der Waals surface area (Å²) in [6.07, 6.45) is 5.45. The van der Waals surface area contributed by atoms with Crippen molar-refractivity contribution >= 4 is 11.7 Å². The van der Waals surface area contributed by atoms with Gasteiger partial charge in [0.1, 0.15) is 11.9 Å². The topological polar surface area (TPSA) is 76.6 Å². The van der Waals surface area contributed by atoms with Crippen LogP contribution in [-0.2, 0) is 0 Å². The van der Waals surface area contributed by atoms with Crippen molar-refractivity contribution in [3.63, 3.8) is 0 Å². The molecule has 1 N–H and O–H groups in total. The largest absolute Gasteiger partial charge is 0.497 e. The van der Waals surface area contributed by atoms with E-state index in [1.807, 2.05) is 0 Å². The zero-order chi connectivity index (χ0) is 16.1. The Kier molecular flexibility index (Phi) is 4.56. The number of urea groups is 1. The van der Waals surface area contributed by atoms with Crippen LogP contribution in [0.5, 0.6) is 11.6 Å². The van der Waals surface area contributed by atoms with Crippen LogP contribution in [0.2, 0.25) is 0 Å². The number of hydrogen-bond acceptors (Lipinski definition) is 5. The summed E-state index contributed by atoms with van der Waals surface area (Å²) in [6, 6.07) is 7.08. The van der Waals surface area contributed by atoms with E-state index in [1.54, 1.807) is 54.9 Å². The van der Waals surface area contributed by atoms with Crippen molar-refractivity contribution in [2.75, 3.05) is 25.5 Å². The van der Waals surface area contributed by atoms with E-state index in [4.69, 9.17) is 9.47 Å². The number of methoxy groups -OCH3 is 1. The third kappa shape index (κ3) is 3.88. The smallest absolute Gasteiger partial charge is 0.321 e. The number of hydrogen-bond donors (Lipinski definition) is 1. The average molecular weight is 314 g/mol. The molecule has 1 fully saturated rings. The van der Waals surface area contributed by atoms with Gasteiger partial charge in [-0.3, -0.25) is 4.98 Å². The van der Waals surface area contributed by atoms with E-state index in [1.165, 1.54) is 0 Å². The van der Waals surface area contributed by atoms with Crippen molar-refractivity contribution in [2.45, 2.75) is 12.5 Å². The second kappa shape index (κ2) is 6.95. The van der Waals surface area contributed by atoms with E-state index in [0.29, 0.717) is 19.0 Å². The fourth-order valence-electron chi connectivity index (χ4n) is 2.40. The summed E-state index contributed by atoms with van der Waals surface area (Å²) in [5.74, 6) is 1.23. The predicted molar refractivity (Wildman–Crippen MR) is 84.7 cm³/mol. The Morgan fingerprint density at radius 2 is 2.13 bits per heavy atom. The Bertz CT molecular complexity index is 648. The third-order valence-electron chi connectivity index (χ3n) is 3.60. The Morgan fingerprint density at radius 1 is 1.30 bits per heavy atom. The second-order valence-corrected chi connectivity index (χ2v) is 5.18. The van der Waals surface area contributed by atoms with Gasteiger partial charge in [-0.1, -0.05) is 0 Å². The van der Waals surface area contributed by atoms with Crippen molar-refractivity contribution in [3.05, 3.63) is 42.9 Å². The van der Waals surface area contributed by atoms with Gasteiger partial charge in [0.25, 0.3) is 0 Å². The van der Waals surface area contributed by atoms with Gasteiger partial charge in [-0.05, 0) is 24.3 Å². The fraction of sp³-hybridized carbons (Fsp3) is 0.312. The van der Waals surface area contributed by atoms with Gasteiger partial charge < -0.3 is 19.7 Å². The summed E-state index contributed by atoms with van der Waals surface area (Å²) in [7, 11) is 1.61. The van der Waals surface area contributed by atoms with E-state index >= 15 is 0 Å². The molecule has 1 unspecified atom stereocenters. The van der Waals surface area contributed by atoms with Crippen molar-refractivity contribution in [1.29, 1.82) is 0 Å². The Labute approximate surface area is 134 Å². The molecule has 0 radical (unpaired) electrons. The van der Waals surface area contributed by atoms with E-state index in [2.05, 4.69) is 15.3 Å². The summed E-state index contributed by atoms with van der Waals surface area (Å²) < 4.78 is 10.8. The standard InChI is InChI=1S/C16H18N4O3/c1-22-13-4-2-12(3-5-13)19-16(21)20-9-6-14(11-20)23-15-10-17-7-8-18-15/h2-5,7-8,10,14H,6,9,11H2,1H3,(H,19,21). The lowest BCUT2D eigenvalue weighted by Crippen LogP contribution is -2.34. The first-order chi connectivity index (χ1) is 11.2. The highest BCUT2D eigenvalue weighted by atomic mass is 16.5. The molecule has 2 aromatic rings. The maximum absolute atomic E-state index is 12.3. The summed E-state index contributed by atoms with van der Waals surface area (Å²) in [4.78, 5) is 22.0. The molecular weight excluding hydrogens is 296 g/mol. The number of carbonyl (C=O) groups excluding carboxylic acids is 1. The van der Waals surface area contributed by atoms with Crippen molar-refractivity contribution in [3.8, 4) is 11.6 Å². The molecular formula is C16H18N4O3. The van der Waals surface area contributed by atoms with Gasteiger partial charge in [-0.15, -0.1) is 0 Å². The number of benzene rings is 1. The van der Waals surface area contributed by atoms with Gasteiger partial charge in [-0.2, -0.15) is 0 Å². The Hall–Kier alpha value is -2.83. The number of ether oxygens (including phenoxy) is 2. The quantitative estimate of drug-likeness (QED) is 0.936. The number of likely N-dealkylation sites (tertiary alicyclic amines) is 1. The van der Waals surface area contributed by atoms with E-state index in [0.717, 1.165) is 17.9 Å². The number of rotatable bonds is 4.